The lowest BCUT2D eigenvalue weighted by molar-refractivity contribution is -0.452. The summed E-state index contributed by atoms with van der Waals surface area (Å²) in [5.41, 5.74) is 1.50. The van der Waals surface area contributed by atoms with Gasteiger partial charge in [0, 0.05) is 0 Å². The van der Waals surface area contributed by atoms with Crippen molar-refractivity contribution < 1.29 is 28.0 Å². The van der Waals surface area contributed by atoms with E-state index in [2.05, 4.69) is 0 Å². The maximum absolute atomic E-state index is 14.2. The van der Waals surface area contributed by atoms with Crippen LogP contribution in [0.3, 0.4) is 0 Å². The molecule has 7 heteroatoms. The van der Waals surface area contributed by atoms with E-state index in [1.807, 2.05) is 0 Å². The molecule has 0 bridgehead atoms. The minimum atomic E-state index is -1.86. The van der Waals surface area contributed by atoms with E-state index in [1.165, 1.54) is 4.58 Å². The van der Waals surface area contributed by atoms with E-state index in [0.717, 1.165) is 16.7 Å². The number of hydrogen-bond acceptors (Lipinski definition) is 4. The van der Waals surface area contributed by atoms with Gasteiger partial charge in [-0.05, 0) is 35.4 Å². The average Bonchev–Trinajstić information content (AvgIpc) is 2.70. The fourth-order valence-electron chi connectivity index (χ4n) is 2.79. The molecule has 0 radical (unpaired) electrons. The molecule has 1 aliphatic heterocycles. The van der Waals surface area contributed by atoms with Gasteiger partial charge in [-0.1, -0.05) is 24.3 Å². The second-order valence-corrected chi connectivity index (χ2v) is 6.08. The van der Waals surface area contributed by atoms with Crippen molar-refractivity contribution >= 4 is 18.2 Å². The molecule has 1 atom stereocenters. The second-order valence-electron chi connectivity index (χ2n) is 6.08. The Bertz CT molecular complexity index is 863. The lowest BCUT2D eigenvalue weighted by Gasteiger charge is -2.20. The first-order valence-corrected chi connectivity index (χ1v) is 8.38. The zero-order valence-corrected chi connectivity index (χ0v) is 15.1. The summed E-state index contributed by atoms with van der Waals surface area (Å²) >= 11 is 0. The summed E-state index contributed by atoms with van der Waals surface area (Å²) in [6.45, 7) is 0.157. The van der Waals surface area contributed by atoms with Crippen molar-refractivity contribution in [3.63, 3.8) is 0 Å². The van der Waals surface area contributed by atoms with Crippen LogP contribution >= 0.6 is 0 Å². The largest absolute Gasteiger partial charge is 0.501 e. The van der Waals surface area contributed by atoms with E-state index in [0.29, 0.717) is 17.1 Å². The zero-order valence-electron chi connectivity index (χ0n) is 15.1. The Balaban J connectivity index is 1.78. The smallest absolute Gasteiger partial charge is 0.497 e. The van der Waals surface area contributed by atoms with Crippen LogP contribution in [0.5, 0.6) is 11.5 Å². The molecule has 0 saturated heterocycles. The number of amides is 3. The summed E-state index contributed by atoms with van der Waals surface area (Å²) in [7, 11) is 3.11. The molecule has 27 heavy (non-hydrogen) atoms. The Labute approximate surface area is 156 Å². The number of benzene rings is 2. The van der Waals surface area contributed by atoms with Crippen LogP contribution in [0.2, 0.25) is 0 Å². The molecule has 0 saturated carbocycles. The molecule has 1 aliphatic rings. The van der Waals surface area contributed by atoms with Gasteiger partial charge in [0.05, 0.1) is 14.2 Å². The number of ether oxygens (including phenoxy) is 2. The highest BCUT2D eigenvalue weighted by Gasteiger charge is 2.43. The lowest BCUT2D eigenvalue weighted by atomic mass is 10.1. The van der Waals surface area contributed by atoms with E-state index in [4.69, 9.17) is 9.47 Å². The van der Waals surface area contributed by atoms with Gasteiger partial charge in [-0.2, -0.15) is 14.3 Å². The lowest BCUT2D eigenvalue weighted by Crippen LogP contribution is -2.51. The Morgan fingerprint density at radius 1 is 0.926 bits per heavy atom. The minimum Gasteiger partial charge on any atom is -0.497 e. The highest BCUT2D eigenvalue weighted by molar-refractivity contribution is 6.05. The highest BCUT2D eigenvalue weighted by Crippen LogP contribution is 2.18. The van der Waals surface area contributed by atoms with Crippen LogP contribution in [0.4, 0.5) is 9.18 Å². The summed E-state index contributed by atoms with van der Waals surface area (Å²) in [6, 6.07) is 13.5. The zero-order chi connectivity index (χ0) is 19.4. The van der Waals surface area contributed by atoms with Crippen LogP contribution in [0.25, 0.3) is 0 Å². The maximum Gasteiger partial charge on any atom is 0.501 e. The van der Waals surface area contributed by atoms with Gasteiger partial charge in [-0.15, -0.1) is 0 Å². The van der Waals surface area contributed by atoms with Crippen molar-refractivity contribution in [1.29, 1.82) is 0 Å². The number of imide groups is 1. The van der Waals surface area contributed by atoms with Crippen molar-refractivity contribution in [2.45, 2.75) is 19.3 Å². The number of carbonyl (C=O) groups excluding carboxylic acids is 2. The molecule has 1 heterocycles. The van der Waals surface area contributed by atoms with Crippen LogP contribution in [-0.2, 0) is 17.9 Å². The number of methoxy groups -OCH3 is 2. The quantitative estimate of drug-likeness (QED) is 0.733. The molecular formula is C20H20FN2O4+. The number of halogens is 1. The molecule has 0 spiro atoms. The van der Waals surface area contributed by atoms with Gasteiger partial charge in [0.1, 0.15) is 30.8 Å². The second kappa shape index (κ2) is 7.99. The molecule has 2 aromatic carbocycles. The molecule has 0 aromatic heterocycles. The van der Waals surface area contributed by atoms with Crippen molar-refractivity contribution in [3.8, 4) is 11.5 Å². The fraction of sp³-hybridized carbons (Fsp3) is 0.250. The fourth-order valence-corrected chi connectivity index (χ4v) is 2.79. The predicted molar refractivity (Wildman–Crippen MR) is 96.9 cm³/mol. The Morgan fingerprint density at radius 3 is 1.96 bits per heavy atom. The first kappa shape index (κ1) is 18.6. The van der Waals surface area contributed by atoms with Gasteiger partial charge < -0.3 is 9.47 Å². The average molecular weight is 371 g/mol. The van der Waals surface area contributed by atoms with Crippen molar-refractivity contribution in [3.05, 3.63) is 59.7 Å². The third-order valence-corrected chi connectivity index (χ3v) is 4.30. The standard InChI is InChI=1S/C20H20FN2O4/c1-26-16-7-3-14(4-8-16)11-22-13-18(21)19(24)23(20(22)25)12-15-5-9-17(27-2)10-6-15/h3-10,13,18H,11-12H2,1-2H3/q+1. The van der Waals surface area contributed by atoms with E-state index < -0.39 is 18.1 Å². The number of nitrogens with zero attached hydrogens (tertiary/aromatic N) is 2. The summed E-state index contributed by atoms with van der Waals surface area (Å²) in [5, 5.41) is 0. The van der Waals surface area contributed by atoms with Gasteiger partial charge >= 0.3 is 11.9 Å². The van der Waals surface area contributed by atoms with Gasteiger partial charge in [0.25, 0.3) is 6.17 Å². The number of rotatable bonds is 6. The maximum atomic E-state index is 14.2. The summed E-state index contributed by atoms with van der Waals surface area (Å²) < 4.78 is 25.6. The summed E-state index contributed by atoms with van der Waals surface area (Å²) in [6.07, 6.45) is -0.835. The first-order chi connectivity index (χ1) is 13.0. The first-order valence-electron chi connectivity index (χ1n) is 8.38. The van der Waals surface area contributed by atoms with Gasteiger partial charge in [-0.3, -0.25) is 0 Å². The van der Waals surface area contributed by atoms with E-state index >= 15 is 0 Å². The Kier molecular flexibility index (Phi) is 5.49. The molecular weight excluding hydrogens is 351 g/mol. The van der Waals surface area contributed by atoms with Crippen molar-refractivity contribution in [1.82, 2.24) is 4.90 Å². The number of hydrogen-bond donors (Lipinski definition) is 0. The third-order valence-electron chi connectivity index (χ3n) is 4.30. The Morgan fingerprint density at radius 2 is 1.44 bits per heavy atom. The molecule has 2 aromatic rings. The van der Waals surface area contributed by atoms with Crippen LogP contribution < -0.4 is 9.47 Å². The molecule has 140 valence electrons. The molecule has 1 unspecified atom stereocenters. The van der Waals surface area contributed by atoms with E-state index in [9.17, 15) is 14.0 Å². The van der Waals surface area contributed by atoms with Gasteiger partial charge in [0.2, 0.25) is 0 Å². The molecule has 3 amide bonds. The minimum absolute atomic E-state index is 0.00493. The molecule has 0 fully saturated rings. The van der Waals surface area contributed by atoms with Crippen LogP contribution in [0.1, 0.15) is 11.1 Å². The van der Waals surface area contributed by atoms with Crippen molar-refractivity contribution in [2.24, 2.45) is 0 Å². The van der Waals surface area contributed by atoms with E-state index in [1.54, 1.807) is 62.8 Å². The molecule has 0 aliphatic carbocycles. The summed E-state index contributed by atoms with van der Waals surface area (Å²) in [4.78, 5) is 25.8. The Hall–Kier alpha value is -3.22. The molecule has 0 N–H and O–H groups in total. The highest BCUT2D eigenvalue weighted by atomic mass is 19.1. The predicted octanol–water partition coefficient (Wildman–Crippen LogP) is 2.79. The topological polar surface area (TPSA) is 58.9 Å². The third kappa shape index (κ3) is 4.13. The normalized spacial score (nSPS) is 16.9. The molecule has 6 nitrogen and oxygen atoms in total. The monoisotopic (exact) mass is 371 g/mol. The number of alkyl halides is 1. The van der Waals surface area contributed by atoms with Crippen LogP contribution in [0.15, 0.2) is 48.5 Å². The van der Waals surface area contributed by atoms with Crippen molar-refractivity contribution in [2.75, 3.05) is 14.2 Å². The van der Waals surface area contributed by atoms with Crippen LogP contribution in [0, 0.1) is 0 Å². The number of urea groups is 1. The summed E-state index contributed by atoms with van der Waals surface area (Å²) in [5.74, 6) is 0.488. The van der Waals surface area contributed by atoms with Crippen LogP contribution in [-0.4, -0.2) is 48.0 Å². The SMILES string of the molecule is COc1ccc(CN2C(=O)C(F)C=[N+](Cc3ccc(OC)cc3)C2=O)cc1. The van der Waals surface area contributed by atoms with Gasteiger partial charge in [0.15, 0.2) is 0 Å². The van der Waals surface area contributed by atoms with E-state index in [-0.39, 0.29) is 13.1 Å². The molecule has 3 rings (SSSR count). The van der Waals surface area contributed by atoms with Gasteiger partial charge in [-0.25, -0.2) is 9.18 Å². The number of carbonyl (C=O) groups is 2.